The largest absolute Gasteiger partial charge is 0.481 e. The molecule has 0 saturated carbocycles. The van der Waals surface area contributed by atoms with Crippen LogP contribution in [0.1, 0.15) is 5.56 Å². The van der Waals surface area contributed by atoms with Gasteiger partial charge in [0.1, 0.15) is 12.4 Å². The number of nitro groups is 1. The van der Waals surface area contributed by atoms with Crippen molar-refractivity contribution in [1.29, 1.82) is 0 Å². The third kappa shape index (κ3) is 2.23. The molecular formula is C10H8NO3. The molecule has 1 rings (SSSR count). The molecule has 0 spiro atoms. The van der Waals surface area contributed by atoms with Crippen LogP contribution in [0.5, 0.6) is 5.75 Å². The SMILES string of the molecule is C#CCOc1ccc([N+](=O)[O-])c([CH2])c1. The number of terminal acetylenes is 1. The molecule has 0 amide bonds. The molecule has 4 nitrogen and oxygen atoms in total. The van der Waals surface area contributed by atoms with E-state index in [1.807, 2.05) is 0 Å². The first-order valence-electron chi connectivity index (χ1n) is 3.82. The molecule has 0 bridgehead atoms. The predicted octanol–water partition coefficient (Wildman–Crippen LogP) is 1.79. The molecular weight excluding hydrogens is 182 g/mol. The lowest BCUT2D eigenvalue weighted by Gasteiger charge is -2.02. The van der Waals surface area contributed by atoms with Gasteiger partial charge < -0.3 is 4.74 Å². The highest BCUT2D eigenvalue weighted by atomic mass is 16.6. The molecule has 1 aromatic carbocycles. The van der Waals surface area contributed by atoms with E-state index in [1.54, 1.807) is 0 Å². The molecule has 1 aromatic rings. The molecule has 0 heterocycles. The summed E-state index contributed by atoms with van der Waals surface area (Å²) in [5, 5.41) is 10.4. The Morgan fingerprint density at radius 2 is 2.36 bits per heavy atom. The molecule has 4 heteroatoms. The third-order valence-electron chi connectivity index (χ3n) is 1.57. The monoisotopic (exact) mass is 190 g/mol. The molecule has 1 radical (unpaired) electrons. The highest BCUT2D eigenvalue weighted by Gasteiger charge is 2.10. The lowest BCUT2D eigenvalue weighted by molar-refractivity contribution is -0.385. The van der Waals surface area contributed by atoms with Gasteiger partial charge in [-0.15, -0.1) is 6.42 Å². The van der Waals surface area contributed by atoms with E-state index in [2.05, 4.69) is 12.8 Å². The van der Waals surface area contributed by atoms with Crippen molar-refractivity contribution in [2.45, 2.75) is 0 Å². The van der Waals surface area contributed by atoms with E-state index < -0.39 is 4.92 Å². The van der Waals surface area contributed by atoms with E-state index in [0.29, 0.717) is 11.3 Å². The maximum atomic E-state index is 10.4. The van der Waals surface area contributed by atoms with Gasteiger partial charge in [0.05, 0.1) is 4.92 Å². The van der Waals surface area contributed by atoms with Crippen LogP contribution in [0.2, 0.25) is 0 Å². The highest BCUT2D eigenvalue weighted by molar-refractivity contribution is 5.46. The molecule has 0 aliphatic carbocycles. The molecule has 0 fully saturated rings. The Hall–Kier alpha value is -2.02. The predicted molar refractivity (Wildman–Crippen MR) is 51.9 cm³/mol. The van der Waals surface area contributed by atoms with E-state index in [0.717, 1.165) is 0 Å². The average Bonchev–Trinajstić information content (AvgIpc) is 2.14. The molecule has 0 aliphatic heterocycles. The van der Waals surface area contributed by atoms with Gasteiger partial charge >= 0.3 is 0 Å². The van der Waals surface area contributed by atoms with Crippen molar-refractivity contribution in [2.75, 3.05) is 6.61 Å². The second kappa shape index (κ2) is 4.28. The standard InChI is InChI=1S/C10H8NO3/c1-3-6-14-9-4-5-10(11(12)13)8(2)7-9/h1,4-5,7H,2,6H2. The van der Waals surface area contributed by atoms with Gasteiger partial charge in [-0.1, -0.05) is 5.92 Å². The molecule has 0 aromatic heterocycles. The number of hydrogen-bond acceptors (Lipinski definition) is 3. The molecule has 0 saturated heterocycles. The summed E-state index contributed by atoms with van der Waals surface area (Å²) in [4.78, 5) is 9.95. The maximum absolute atomic E-state index is 10.4. The number of ether oxygens (including phenoxy) is 1. The van der Waals surface area contributed by atoms with E-state index in [9.17, 15) is 10.1 Å². The lowest BCUT2D eigenvalue weighted by Crippen LogP contribution is -1.96. The zero-order valence-corrected chi connectivity index (χ0v) is 7.40. The minimum atomic E-state index is -0.493. The van der Waals surface area contributed by atoms with Crippen molar-refractivity contribution in [3.05, 3.63) is 40.8 Å². The normalized spacial score (nSPS) is 9.14. The minimum absolute atomic E-state index is 0.0296. The highest BCUT2D eigenvalue weighted by Crippen LogP contribution is 2.22. The lowest BCUT2D eigenvalue weighted by atomic mass is 10.2. The maximum Gasteiger partial charge on any atom is 0.272 e. The molecule has 0 N–H and O–H groups in total. The summed E-state index contributed by atoms with van der Waals surface area (Å²) in [5.41, 5.74) is 0.280. The summed E-state index contributed by atoms with van der Waals surface area (Å²) in [7, 11) is 0. The summed E-state index contributed by atoms with van der Waals surface area (Å²) in [6, 6.07) is 4.31. The van der Waals surface area contributed by atoms with Gasteiger partial charge in [-0.25, -0.2) is 0 Å². The Balaban J connectivity index is 2.90. The fraction of sp³-hybridized carbons (Fsp3) is 0.100. The second-order valence-electron chi connectivity index (χ2n) is 2.54. The Bertz CT molecular complexity index is 393. The van der Waals surface area contributed by atoms with Crippen molar-refractivity contribution in [1.82, 2.24) is 0 Å². The van der Waals surface area contributed by atoms with Crippen LogP contribution < -0.4 is 4.74 Å². The Morgan fingerprint density at radius 3 is 2.86 bits per heavy atom. The van der Waals surface area contributed by atoms with E-state index in [-0.39, 0.29) is 12.3 Å². The third-order valence-corrected chi connectivity index (χ3v) is 1.57. The molecule has 0 unspecified atom stereocenters. The molecule has 14 heavy (non-hydrogen) atoms. The van der Waals surface area contributed by atoms with Gasteiger partial charge in [0, 0.05) is 11.6 Å². The first-order valence-corrected chi connectivity index (χ1v) is 3.82. The number of hydrogen-bond donors (Lipinski definition) is 0. The van der Waals surface area contributed by atoms with E-state index in [1.165, 1.54) is 18.2 Å². The van der Waals surface area contributed by atoms with Gasteiger partial charge in [-0.3, -0.25) is 10.1 Å². The first kappa shape index (κ1) is 10.1. The van der Waals surface area contributed by atoms with Gasteiger partial charge in [0.2, 0.25) is 0 Å². The van der Waals surface area contributed by atoms with E-state index in [4.69, 9.17) is 11.2 Å². The van der Waals surface area contributed by atoms with Crippen molar-refractivity contribution in [2.24, 2.45) is 0 Å². The van der Waals surface area contributed by atoms with Crippen LogP contribution in [0.15, 0.2) is 18.2 Å². The van der Waals surface area contributed by atoms with Gasteiger partial charge in [-0.05, 0) is 19.1 Å². The first-order chi connectivity index (χ1) is 6.65. The van der Waals surface area contributed by atoms with Crippen LogP contribution in [-0.4, -0.2) is 11.5 Å². The van der Waals surface area contributed by atoms with Crippen molar-refractivity contribution >= 4 is 5.69 Å². The molecule has 0 aliphatic rings. The van der Waals surface area contributed by atoms with Crippen LogP contribution in [0.25, 0.3) is 0 Å². The summed E-state index contributed by atoms with van der Waals surface area (Å²) < 4.78 is 5.07. The van der Waals surface area contributed by atoms with Gasteiger partial charge in [0.25, 0.3) is 5.69 Å². The zero-order valence-electron chi connectivity index (χ0n) is 7.40. The van der Waals surface area contributed by atoms with Crippen LogP contribution in [0, 0.1) is 29.4 Å². The van der Waals surface area contributed by atoms with Crippen LogP contribution in [-0.2, 0) is 0 Å². The Kier molecular flexibility index (Phi) is 3.08. The van der Waals surface area contributed by atoms with Crippen molar-refractivity contribution < 1.29 is 9.66 Å². The summed E-state index contributed by atoms with van der Waals surface area (Å²) >= 11 is 0. The Morgan fingerprint density at radius 1 is 1.64 bits per heavy atom. The van der Waals surface area contributed by atoms with E-state index >= 15 is 0 Å². The van der Waals surface area contributed by atoms with Gasteiger partial charge in [-0.2, -0.15) is 0 Å². The number of rotatable bonds is 3. The summed E-state index contributed by atoms with van der Waals surface area (Å²) in [6.45, 7) is 3.67. The van der Waals surface area contributed by atoms with Crippen molar-refractivity contribution in [3.8, 4) is 18.1 Å². The minimum Gasteiger partial charge on any atom is -0.481 e. The molecule has 0 atom stereocenters. The summed E-state index contributed by atoms with van der Waals surface area (Å²) in [6.07, 6.45) is 4.99. The average molecular weight is 190 g/mol. The van der Waals surface area contributed by atoms with Crippen molar-refractivity contribution in [3.63, 3.8) is 0 Å². The fourth-order valence-corrected chi connectivity index (χ4v) is 0.955. The Labute approximate surface area is 81.7 Å². The second-order valence-corrected chi connectivity index (χ2v) is 2.54. The topological polar surface area (TPSA) is 52.4 Å². The van der Waals surface area contributed by atoms with Crippen LogP contribution in [0.4, 0.5) is 5.69 Å². The number of nitrogens with zero attached hydrogens (tertiary/aromatic N) is 1. The van der Waals surface area contributed by atoms with Crippen LogP contribution >= 0.6 is 0 Å². The molecule has 71 valence electrons. The fourth-order valence-electron chi connectivity index (χ4n) is 0.955. The quantitative estimate of drug-likeness (QED) is 0.414. The smallest absolute Gasteiger partial charge is 0.272 e. The van der Waals surface area contributed by atoms with Crippen LogP contribution in [0.3, 0.4) is 0 Å². The number of benzene rings is 1. The zero-order chi connectivity index (χ0) is 10.6. The summed E-state index contributed by atoms with van der Waals surface area (Å²) in [5.74, 6) is 2.78. The number of nitro benzene ring substituents is 1. The van der Waals surface area contributed by atoms with Gasteiger partial charge in [0.15, 0.2) is 0 Å².